The second kappa shape index (κ2) is 21.6. The number of carbonyl (C=O) groups is 1. The molecule has 10 heteroatoms. The predicted octanol–water partition coefficient (Wildman–Crippen LogP) is 10.9. The van der Waals surface area contributed by atoms with Crippen LogP contribution in [0.2, 0.25) is 0 Å². The first-order valence-corrected chi connectivity index (χ1v) is 23.2. The van der Waals surface area contributed by atoms with E-state index in [4.69, 9.17) is 8.83 Å². The Morgan fingerprint density at radius 2 is 0.952 bits per heavy atom. The average Bonchev–Trinajstić information content (AvgIpc) is 3.78. The van der Waals surface area contributed by atoms with E-state index in [9.17, 15) is 23.8 Å². The molecule has 0 unspecified atom stereocenters. The fraction of sp³-hybridized carbons (Fsp3) is 0.0189. The van der Waals surface area contributed by atoms with Crippen LogP contribution in [0, 0.1) is 49.4 Å². The summed E-state index contributed by atoms with van der Waals surface area (Å²) in [6, 6.07) is 63.5. The van der Waals surface area contributed by atoms with Gasteiger partial charge in [-0.25, -0.2) is 4.79 Å². The molecule has 0 aliphatic rings. The van der Waals surface area contributed by atoms with Gasteiger partial charge in [0.1, 0.15) is 16.9 Å². The molecule has 9 aromatic rings. The molecule has 0 spiro atoms. The van der Waals surface area contributed by atoms with Gasteiger partial charge in [-0.3, -0.25) is 4.79 Å². The third kappa shape index (κ3) is 10.1. The molecule has 7 aromatic carbocycles. The SMILES string of the molecule is C=C/C(=C\C)P(=O)(c1ccccc1)c1ccccc1.O=C(c1cc2ccccc2o1)c1c(O)c2ccccc2oc1=O.O=P(c1ccccc1)(c1ccccc1)c1ccccc1.[Eu]. The minimum atomic E-state index is -2.79. The van der Waals surface area contributed by atoms with Crippen molar-refractivity contribution >= 4 is 68.5 Å². The fourth-order valence-corrected chi connectivity index (χ4v) is 12.4. The largest absolute Gasteiger partial charge is 0.506 e. The minimum Gasteiger partial charge on any atom is -0.506 e. The van der Waals surface area contributed by atoms with Crippen LogP contribution in [0.15, 0.2) is 244 Å². The molecule has 0 aliphatic heterocycles. The molecule has 2 heterocycles. The Balaban J connectivity index is 0.000000157. The van der Waals surface area contributed by atoms with Crippen molar-refractivity contribution in [3.63, 3.8) is 0 Å². The van der Waals surface area contributed by atoms with Gasteiger partial charge in [0.05, 0.1) is 5.39 Å². The Morgan fingerprint density at radius 1 is 0.556 bits per heavy atom. The zero-order chi connectivity index (χ0) is 43.5. The molecular weight excluding hydrogens is 962 g/mol. The average molecular weight is 1000 g/mol. The summed E-state index contributed by atoms with van der Waals surface area (Å²) < 4.78 is 38.0. The molecular formula is C53H42EuO7P2. The van der Waals surface area contributed by atoms with Gasteiger partial charge < -0.3 is 23.1 Å². The van der Waals surface area contributed by atoms with Crippen molar-refractivity contribution in [2.45, 2.75) is 6.92 Å². The van der Waals surface area contributed by atoms with Crippen molar-refractivity contribution in [2.75, 3.05) is 0 Å². The monoisotopic (exact) mass is 1010 g/mol. The number of allylic oxidation sites excluding steroid dienone is 3. The molecule has 1 radical (unpaired) electrons. The summed E-state index contributed by atoms with van der Waals surface area (Å²) in [6.45, 7) is 5.71. The van der Waals surface area contributed by atoms with E-state index in [1.165, 1.54) is 6.07 Å². The number of carbonyl (C=O) groups excluding carboxylic acids is 1. The summed E-state index contributed by atoms with van der Waals surface area (Å²) in [7, 11) is -5.57. The maximum absolute atomic E-state index is 13.8. The van der Waals surface area contributed by atoms with Crippen molar-refractivity contribution in [1.29, 1.82) is 0 Å². The smallest absolute Gasteiger partial charge is 0.351 e. The van der Waals surface area contributed by atoms with Gasteiger partial charge in [-0.1, -0.05) is 201 Å². The Hall–Kier alpha value is -5.72. The number of hydrogen-bond donors (Lipinski definition) is 1. The van der Waals surface area contributed by atoms with Crippen LogP contribution in [0.5, 0.6) is 5.75 Å². The number of ketones is 1. The molecule has 7 nitrogen and oxygen atoms in total. The second-order valence-corrected chi connectivity index (χ2v) is 19.4. The number of rotatable bonds is 9. The van der Waals surface area contributed by atoms with Gasteiger partial charge in [0.2, 0.25) is 5.78 Å². The first kappa shape index (κ1) is 46.8. The van der Waals surface area contributed by atoms with Crippen LogP contribution in [0.3, 0.4) is 0 Å². The van der Waals surface area contributed by atoms with Crippen LogP contribution in [0.4, 0.5) is 0 Å². The van der Waals surface area contributed by atoms with Crippen LogP contribution < -0.4 is 32.1 Å². The molecule has 313 valence electrons. The molecule has 0 amide bonds. The van der Waals surface area contributed by atoms with Crippen LogP contribution in [-0.4, -0.2) is 10.9 Å². The summed E-state index contributed by atoms with van der Waals surface area (Å²) in [4.78, 5) is 24.7. The summed E-state index contributed by atoms with van der Waals surface area (Å²) >= 11 is 0. The van der Waals surface area contributed by atoms with Crippen LogP contribution in [-0.2, 0) is 9.13 Å². The topological polar surface area (TPSA) is 115 Å². The van der Waals surface area contributed by atoms with E-state index in [0.717, 1.165) is 37.2 Å². The number of benzene rings is 7. The summed E-state index contributed by atoms with van der Waals surface area (Å²) in [5.74, 6) is -1.13. The minimum absolute atomic E-state index is 0. The second-order valence-electron chi connectivity index (χ2n) is 13.9. The molecule has 2 aromatic heterocycles. The molecule has 0 saturated heterocycles. The molecule has 63 heavy (non-hydrogen) atoms. The predicted molar refractivity (Wildman–Crippen MR) is 253 cm³/mol. The normalized spacial score (nSPS) is 11.3. The zero-order valence-electron chi connectivity index (χ0n) is 34.2. The van der Waals surface area contributed by atoms with E-state index < -0.39 is 37.0 Å². The molecule has 0 aliphatic carbocycles. The Labute approximate surface area is 406 Å². The molecule has 0 bridgehead atoms. The number of aromatic hydroxyl groups is 1. The maximum Gasteiger partial charge on any atom is 0.351 e. The van der Waals surface area contributed by atoms with E-state index in [0.29, 0.717) is 11.0 Å². The molecule has 1 N–H and O–H groups in total. The molecule has 9 rings (SSSR count). The van der Waals surface area contributed by atoms with Crippen LogP contribution in [0.25, 0.3) is 21.9 Å². The van der Waals surface area contributed by atoms with Gasteiger partial charge >= 0.3 is 5.63 Å². The van der Waals surface area contributed by atoms with Gasteiger partial charge in [-0.05, 0) is 31.2 Å². The van der Waals surface area contributed by atoms with E-state index in [1.807, 2.05) is 171 Å². The third-order valence-electron chi connectivity index (χ3n) is 10.1. The van der Waals surface area contributed by atoms with Crippen molar-refractivity contribution in [2.24, 2.45) is 0 Å². The van der Waals surface area contributed by atoms with Crippen molar-refractivity contribution in [1.82, 2.24) is 0 Å². The summed E-state index contributed by atoms with van der Waals surface area (Å²) in [5.41, 5.74) is -0.578. The van der Waals surface area contributed by atoms with E-state index in [1.54, 1.807) is 48.5 Å². The first-order chi connectivity index (χ1) is 30.2. The number of para-hydroxylation sites is 2. The number of furan rings is 1. The summed E-state index contributed by atoms with van der Waals surface area (Å²) in [5, 5.41) is 16.4. The maximum atomic E-state index is 13.8. The van der Waals surface area contributed by atoms with E-state index in [2.05, 4.69) is 6.58 Å². The zero-order valence-corrected chi connectivity index (χ0v) is 38.4. The van der Waals surface area contributed by atoms with Crippen molar-refractivity contribution in [3.05, 3.63) is 252 Å². The Morgan fingerprint density at radius 3 is 1.38 bits per heavy atom. The van der Waals surface area contributed by atoms with Crippen LogP contribution in [0.1, 0.15) is 23.0 Å². The molecule has 0 saturated carbocycles. The molecule has 0 atom stereocenters. The molecule has 0 fully saturated rings. The van der Waals surface area contributed by atoms with Gasteiger partial charge in [0.25, 0.3) is 0 Å². The van der Waals surface area contributed by atoms with Crippen molar-refractivity contribution < 1.29 is 77.2 Å². The van der Waals surface area contributed by atoms with Gasteiger partial charge in [0, 0.05) is 86.6 Å². The van der Waals surface area contributed by atoms with Crippen molar-refractivity contribution in [3.8, 4) is 5.75 Å². The summed E-state index contributed by atoms with van der Waals surface area (Å²) in [6.07, 6.45) is 3.58. The first-order valence-electron chi connectivity index (χ1n) is 19.8. The van der Waals surface area contributed by atoms with Gasteiger partial charge in [-0.15, -0.1) is 0 Å². The van der Waals surface area contributed by atoms with Crippen LogP contribution >= 0.6 is 14.3 Å². The quantitative estimate of drug-likeness (QED) is 0.0663. The van der Waals surface area contributed by atoms with E-state index in [-0.39, 0.29) is 60.7 Å². The number of hydrogen-bond acceptors (Lipinski definition) is 7. The van der Waals surface area contributed by atoms with Gasteiger partial charge in [-0.2, -0.15) is 0 Å². The van der Waals surface area contributed by atoms with Gasteiger partial charge in [0.15, 0.2) is 25.6 Å². The number of fused-ring (bicyclic) bond motifs is 2. The third-order valence-corrected chi connectivity index (χ3v) is 16.4. The van der Waals surface area contributed by atoms with E-state index >= 15 is 0 Å². The standard InChI is InChI=1S/C18H10O5.C18H15OP.C17H17OP.Eu/c19-16-11-6-2-4-8-13(11)23-18(21)15(16)17(20)14-9-10-5-1-3-7-12(10)22-14;19-20(16-10-4-1-5-11-16,17-12-6-2-7-13-17)18-14-8-3-9-15-18;1-3-15(4-2)19(18,16-11-7-5-8-12-16)17-13-9-6-10-14-17;/h1-9,19H;1-15H;3-14H,1H2,2H3;/b;;15-4+;. The fourth-order valence-electron chi connectivity index (χ4n) is 7.06. The Kier molecular flexibility index (Phi) is 16.0. The Bertz CT molecular complexity index is 2970.